The second-order valence-corrected chi connectivity index (χ2v) is 8.08. The van der Waals surface area contributed by atoms with Crippen LogP contribution in [-0.4, -0.2) is 43.2 Å². The van der Waals surface area contributed by atoms with Crippen LogP contribution in [0.15, 0.2) is 72.0 Å². The molecule has 1 aliphatic rings. The molecule has 32 heavy (non-hydrogen) atoms. The highest BCUT2D eigenvalue weighted by Crippen LogP contribution is 2.42. The Labute approximate surface area is 189 Å². The Bertz CT molecular complexity index is 1100. The molecule has 2 aromatic carbocycles. The second kappa shape index (κ2) is 9.30. The number of hydrogen-bond donors (Lipinski definition) is 1. The van der Waals surface area contributed by atoms with Crippen molar-refractivity contribution in [1.82, 2.24) is 9.88 Å². The fourth-order valence-electron chi connectivity index (χ4n) is 4.08. The molecule has 0 radical (unpaired) electrons. The van der Waals surface area contributed by atoms with Crippen LogP contribution in [0, 0.1) is 0 Å². The predicted molar refractivity (Wildman–Crippen MR) is 128 cm³/mol. The Morgan fingerprint density at radius 1 is 1.03 bits per heavy atom. The average Bonchev–Trinajstić information content (AvgIpc) is 3.15. The molecule has 0 amide bonds. The minimum atomic E-state index is -0.647. The molecule has 0 fully saturated rings. The van der Waals surface area contributed by atoms with E-state index in [9.17, 15) is 0 Å². The lowest BCUT2D eigenvalue weighted by molar-refractivity contribution is 0.287. The molecule has 2 heterocycles. The smallest absolute Gasteiger partial charge is 0.192 e. The third-order valence-electron chi connectivity index (χ3n) is 5.89. The first-order valence-corrected chi connectivity index (χ1v) is 11.0. The van der Waals surface area contributed by atoms with Crippen LogP contribution in [0.5, 0.6) is 11.5 Å². The summed E-state index contributed by atoms with van der Waals surface area (Å²) in [5, 5.41) is 0. The summed E-state index contributed by atoms with van der Waals surface area (Å²) in [6, 6.07) is 18.5. The molecule has 1 aliphatic heterocycles. The number of aromatic nitrogens is 1. The molecular weight excluding hydrogens is 400 g/mol. The van der Waals surface area contributed by atoms with Crippen molar-refractivity contribution in [2.24, 2.45) is 10.7 Å². The molecule has 0 bridgehead atoms. The van der Waals surface area contributed by atoms with Crippen LogP contribution in [0.4, 0.5) is 0 Å². The van der Waals surface area contributed by atoms with Gasteiger partial charge in [-0.1, -0.05) is 43.7 Å². The number of guanidine groups is 1. The van der Waals surface area contributed by atoms with Crippen LogP contribution in [0.25, 0.3) is 11.1 Å². The minimum Gasteiger partial charge on any atom is -0.493 e. The molecule has 0 spiro atoms. The highest BCUT2D eigenvalue weighted by atomic mass is 16.5. The topological polar surface area (TPSA) is 73.0 Å². The molecule has 1 unspecified atom stereocenters. The molecule has 3 aromatic rings. The lowest BCUT2D eigenvalue weighted by Gasteiger charge is -2.29. The first-order chi connectivity index (χ1) is 15.6. The van der Waals surface area contributed by atoms with E-state index in [1.54, 1.807) is 13.3 Å². The van der Waals surface area contributed by atoms with E-state index in [0.717, 1.165) is 40.8 Å². The molecular formula is C26H30N4O2. The molecule has 0 aliphatic carbocycles. The molecule has 2 N–H and O–H groups in total. The Hall–Kier alpha value is -3.54. The standard InChI is InChI=1S/C26H30N4O2/c1-4-5-14-32-24-16-22(11-12-23(24)31-3)26(18-30(2)25(27)29-26)21-10-6-8-19(15-21)20-9-7-13-28-17-20/h6-13,15-17H,4-5,14,18H2,1-3H3,(H2,27,29). The van der Waals surface area contributed by atoms with Gasteiger partial charge in [0.2, 0.25) is 0 Å². The number of nitrogens with two attached hydrogens (primary N) is 1. The van der Waals surface area contributed by atoms with Crippen LogP contribution < -0.4 is 15.2 Å². The maximum Gasteiger partial charge on any atom is 0.192 e. The third-order valence-corrected chi connectivity index (χ3v) is 5.89. The number of hydrogen-bond acceptors (Lipinski definition) is 6. The van der Waals surface area contributed by atoms with Crippen LogP contribution in [0.3, 0.4) is 0 Å². The summed E-state index contributed by atoms with van der Waals surface area (Å²) in [5.41, 5.74) is 9.86. The highest BCUT2D eigenvalue weighted by molar-refractivity contribution is 5.82. The van der Waals surface area contributed by atoms with Crippen molar-refractivity contribution >= 4 is 5.96 Å². The van der Waals surface area contributed by atoms with Gasteiger partial charge in [0.25, 0.3) is 0 Å². The van der Waals surface area contributed by atoms with Gasteiger partial charge in [-0.2, -0.15) is 0 Å². The number of likely N-dealkylation sites (N-methyl/N-ethyl adjacent to an activating group) is 1. The molecule has 0 saturated heterocycles. The van der Waals surface area contributed by atoms with E-state index in [2.05, 4.69) is 48.3 Å². The van der Waals surface area contributed by atoms with Crippen molar-refractivity contribution < 1.29 is 9.47 Å². The van der Waals surface area contributed by atoms with Crippen molar-refractivity contribution in [2.75, 3.05) is 27.3 Å². The van der Waals surface area contributed by atoms with E-state index in [0.29, 0.717) is 24.9 Å². The third kappa shape index (κ3) is 4.13. The number of aliphatic imine (C=N–C) groups is 1. The van der Waals surface area contributed by atoms with E-state index in [1.165, 1.54) is 0 Å². The van der Waals surface area contributed by atoms with E-state index in [-0.39, 0.29) is 0 Å². The number of pyridine rings is 1. The Balaban J connectivity index is 1.82. The summed E-state index contributed by atoms with van der Waals surface area (Å²) < 4.78 is 11.6. The Morgan fingerprint density at radius 3 is 2.53 bits per heavy atom. The van der Waals surface area contributed by atoms with Crippen LogP contribution in [-0.2, 0) is 5.54 Å². The first-order valence-electron chi connectivity index (χ1n) is 11.0. The molecule has 1 atom stereocenters. The zero-order valence-corrected chi connectivity index (χ0v) is 18.9. The number of unbranched alkanes of at least 4 members (excludes halogenated alkanes) is 1. The lowest BCUT2D eigenvalue weighted by atomic mass is 9.82. The molecule has 1 aromatic heterocycles. The van der Waals surface area contributed by atoms with E-state index in [4.69, 9.17) is 20.2 Å². The minimum absolute atomic E-state index is 0.515. The Morgan fingerprint density at radius 2 is 1.84 bits per heavy atom. The van der Waals surface area contributed by atoms with Gasteiger partial charge in [-0.05, 0) is 52.9 Å². The fraction of sp³-hybridized carbons (Fsp3) is 0.308. The Kier molecular flexibility index (Phi) is 6.30. The quantitative estimate of drug-likeness (QED) is 0.535. The lowest BCUT2D eigenvalue weighted by Crippen LogP contribution is -2.34. The van der Waals surface area contributed by atoms with Crippen LogP contribution in [0.1, 0.15) is 30.9 Å². The average molecular weight is 431 g/mol. The molecule has 6 nitrogen and oxygen atoms in total. The van der Waals surface area contributed by atoms with Gasteiger partial charge < -0.3 is 20.1 Å². The molecule has 166 valence electrons. The molecule has 0 saturated carbocycles. The van der Waals surface area contributed by atoms with Crippen molar-refractivity contribution in [3.05, 3.63) is 78.1 Å². The first kappa shape index (κ1) is 21.7. The zero-order chi connectivity index (χ0) is 22.6. The predicted octanol–water partition coefficient (Wildman–Crippen LogP) is 4.44. The monoisotopic (exact) mass is 430 g/mol. The van der Waals surface area contributed by atoms with Gasteiger partial charge >= 0.3 is 0 Å². The molecule has 6 heteroatoms. The fourth-order valence-corrected chi connectivity index (χ4v) is 4.08. The zero-order valence-electron chi connectivity index (χ0n) is 18.9. The van der Waals surface area contributed by atoms with E-state index >= 15 is 0 Å². The summed E-state index contributed by atoms with van der Waals surface area (Å²) in [5.74, 6) is 1.96. The number of methoxy groups -OCH3 is 1. The number of nitrogens with zero attached hydrogens (tertiary/aromatic N) is 3. The van der Waals surface area contributed by atoms with Gasteiger partial charge in [-0.15, -0.1) is 0 Å². The summed E-state index contributed by atoms with van der Waals surface area (Å²) in [6.07, 6.45) is 5.71. The van der Waals surface area contributed by atoms with Gasteiger partial charge in [-0.25, -0.2) is 4.99 Å². The normalized spacial score (nSPS) is 17.8. The van der Waals surface area contributed by atoms with Crippen molar-refractivity contribution in [2.45, 2.75) is 25.3 Å². The van der Waals surface area contributed by atoms with Crippen LogP contribution in [0.2, 0.25) is 0 Å². The summed E-state index contributed by atoms with van der Waals surface area (Å²) in [7, 11) is 3.63. The highest BCUT2D eigenvalue weighted by Gasteiger charge is 2.41. The SMILES string of the molecule is CCCCOc1cc(C2(c3cccc(-c4cccnc4)c3)CN(C)C(N)=N2)ccc1OC. The number of rotatable bonds is 8. The summed E-state index contributed by atoms with van der Waals surface area (Å²) in [6.45, 7) is 3.42. The van der Waals surface area contributed by atoms with Gasteiger partial charge in [0.15, 0.2) is 17.5 Å². The molecule has 4 rings (SSSR count). The van der Waals surface area contributed by atoms with E-state index < -0.39 is 5.54 Å². The largest absolute Gasteiger partial charge is 0.493 e. The summed E-state index contributed by atoms with van der Waals surface area (Å²) in [4.78, 5) is 11.2. The van der Waals surface area contributed by atoms with Crippen molar-refractivity contribution in [3.8, 4) is 22.6 Å². The van der Waals surface area contributed by atoms with Crippen LogP contribution >= 0.6 is 0 Å². The number of benzene rings is 2. The van der Waals surface area contributed by atoms with Crippen molar-refractivity contribution in [3.63, 3.8) is 0 Å². The van der Waals surface area contributed by atoms with Gasteiger partial charge in [-0.3, -0.25) is 4.98 Å². The maximum atomic E-state index is 6.28. The van der Waals surface area contributed by atoms with Gasteiger partial charge in [0.1, 0.15) is 5.54 Å². The van der Waals surface area contributed by atoms with Crippen molar-refractivity contribution in [1.29, 1.82) is 0 Å². The number of ether oxygens (including phenoxy) is 2. The van der Waals surface area contributed by atoms with Gasteiger partial charge in [0.05, 0.1) is 20.3 Å². The summed E-state index contributed by atoms with van der Waals surface area (Å²) >= 11 is 0. The second-order valence-electron chi connectivity index (χ2n) is 8.08. The maximum absolute atomic E-state index is 6.28. The van der Waals surface area contributed by atoms with E-state index in [1.807, 2.05) is 36.3 Å². The van der Waals surface area contributed by atoms with Gasteiger partial charge in [0, 0.05) is 19.4 Å².